The summed E-state index contributed by atoms with van der Waals surface area (Å²) in [5.74, 6) is -1.72. The number of benzene rings is 1. The number of amides is 1. The van der Waals surface area contributed by atoms with Gasteiger partial charge < -0.3 is 9.64 Å². The molecule has 24 heavy (non-hydrogen) atoms. The van der Waals surface area contributed by atoms with Crippen LogP contribution >= 0.6 is 0 Å². The number of rotatable bonds is 3. The number of hydrogen-bond acceptors (Lipinski definition) is 3. The van der Waals surface area contributed by atoms with Crippen LogP contribution < -0.4 is 0 Å². The van der Waals surface area contributed by atoms with Gasteiger partial charge in [0.2, 0.25) is 0 Å². The van der Waals surface area contributed by atoms with E-state index >= 15 is 0 Å². The maximum absolute atomic E-state index is 13.4. The summed E-state index contributed by atoms with van der Waals surface area (Å²) in [6, 6.07) is 3.09. The van der Waals surface area contributed by atoms with Crippen LogP contribution in [-0.4, -0.2) is 60.1 Å². The molecule has 0 aliphatic carbocycles. The molecule has 0 aromatic heterocycles. The zero-order chi connectivity index (χ0) is 17.3. The largest absolute Gasteiger partial charge is 0.373 e. The summed E-state index contributed by atoms with van der Waals surface area (Å²) in [4.78, 5) is 16.8. The molecule has 6 heteroatoms. The summed E-state index contributed by atoms with van der Waals surface area (Å²) < 4.78 is 32.5. The predicted octanol–water partition coefficient (Wildman–Crippen LogP) is 2.68. The van der Waals surface area contributed by atoms with Crippen molar-refractivity contribution in [1.82, 2.24) is 9.80 Å². The number of carbonyl (C=O) groups is 1. The van der Waals surface area contributed by atoms with Crippen molar-refractivity contribution in [3.8, 4) is 0 Å². The monoisotopic (exact) mass is 338 g/mol. The molecule has 2 heterocycles. The van der Waals surface area contributed by atoms with Crippen LogP contribution in [0.1, 0.15) is 37.0 Å². The lowest BCUT2D eigenvalue weighted by atomic mass is 10.1. The average molecular weight is 338 g/mol. The summed E-state index contributed by atoms with van der Waals surface area (Å²) in [5.41, 5.74) is 0.0862. The first-order valence-corrected chi connectivity index (χ1v) is 8.57. The van der Waals surface area contributed by atoms with Crippen molar-refractivity contribution in [2.24, 2.45) is 0 Å². The van der Waals surface area contributed by atoms with Crippen LogP contribution in [0, 0.1) is 11.6 Å². The molecule has 1 aromatic carbocycles. The fourth-order valence-electron chi connectivity index (χ4n) is 3.87. The maximum Gasteiger partial charge on any atom is 0.254 e. The van der Waals surface area contributed by atoms with E-state index in [1.807, 2.05) is 0 Å². The third-order valence-electron chi connectivity index (χ3n) is 4.71. The van der Waals surface area contributed by atoms with Gasteiger partial charge in [0.05, 0.1) is 12.2 Å². The topological polar surface area (TPSA) is 32.8 Å². The van der Waals surface area contributed by atoms with Gasteiger partial charge >= 0.3 is 0 Å². The van der Waals surface area contributed by atoms with Gasteiger partial charge in [0, 0.05) is 43.9 Å². The van der Waals surface area contributed by atoms with Gasteiger partial charge in [-0.3, -0.25) is 9.69 Å². The molecule has 0 unspecified atom stereocenters. The second kappa shape index (κ2) is 7.15. The number of morpholine rings is 1. The van der Waals surface area contributed by atoms with E-state index in [0.29, 0.717) is 6.54 Å². The molecule has 3 atom stereocenters. The second-order valence-corrected chi connectivity index (χ2v) is 6.93. The van der Waals surface area contributed by atoms with Crippen LogP contribution in [0.4, 0.5) is 8.78 Å². The number of hydrogen-bond donors (Lipinski definition) is 0. The normalized spacial score (nSPS) is 28.3. The van der Waals surface area contributed by atoms with Gasteiger partial charge in [-0.05, 0) is 38.8 Å². The Morgan fingerprint density at radius 2 is 1.79 bits per heavy atom. The Morgan fingerprint density at radius 1 is 1.17 bits per heavy atom. The van der Waals surface area contributed by atoms with Crippen LogP contribution in [0.3, 0.4) is 0 Å². The van der Waals surface area contributed by atoms with Gasteiger partial charge in [-0.15, -0.1) is 0 Å². The molecular weight excluding hydrogens is 314 g/mol. The number of carbonyl (C=O) groups excluding carboxylic acids is 1. The van der Waals surface area contributed by atoms with E-state index < -0.39 is 11.6 Å². The van der Waals surface area contributed by atoms with Crippen molar-refractivity contribution >= 4 is 5.91 Å². The van der Waals surface area contributed by atoms with Gasteiger partial charge in [0.25, 0.3) is 5.91 Å². The van der Waals surface area contributed by atoms with E-state index in [0.717, 1.165) is 50.7 Å². The van der Waals surface area contributed by atoms with Crippen molar-refractivity contribution in [2.45, 2.75) is 44.9 Å². The van der Waals surface area contributed by atoms with Gasteiger partial charge in [0.1, 0.15) is 11.6 Å². The van der Waals surface area contributed by atoms with Crippen molar-refractivity contribution in [1.29, 1.82) is 0 Å². The van der Waals surface area contributed by atoms with Crippen molar-refractivity contribution in [3.63, 3.8) is 0 Å². The lowest BCUT2D eigenvalue weighted by molar-refractivity contribution is -0.0715. The highest BCUT2D eigenvalue weighted by molar-refractivity contribution is 5.94. The molecule has 1 aromatic rings. The van der Waals surface area contributed by atoms with Gasteiger partial charge in [-0.25, -0.2) is 8.78 Å². The predicted molar refractivity (Wildman–Crippen MR) is 86.9 cm³/mol. The third kappa shape index (κ3) is 3.92. The molecule has 0 bridgehead atoms. The van der Waals surface area contributed by atoms with E-state index in [2.05, 4.69) is 18.7 Å². The van der Waals surface area contributed by atoms with Gasteiger partial charge in [-0.1, -0.05) is 0 Å². The molecule has 0 radical (unpaired) electrons. The van der Waals surface area contributed by atoms with Crippen molar-refractivity contribution in [3.05, 3.63) is 35.4 Å². The fraction of sp³-hybridized carbons (Fsp3) is 0.611. The van der Waals surface area contributed by atoms with Crippen LogP contribution in [0.5, 0.6) is 0 Å². The summed E-state index contributed by atoms with van der Waals surface area (Å²) in [7, 11) is 0. The Kier molecular flexibility index (Phi) is 5.15. The number of ether oxygens (including phenoxy) is 1. The fourth-order valence-corrected chi connectivity index (χ4v) is 3.87. The third-order valence-corrected chi connectivity index (χ3v) is 4.71. The molecule has 0 spiro atoms. The van der Waals surface area contributed by atoms with Gasteiger partial charge in [0.15, 0.2) is 0 Å². The number of likely N-dealkylation sites (tertiary alicyclic amines) is 1. The summed E-state index contributed by atoms with van der Waals surface area (Å²) in [6.45, 7) is 7.21. The van der Waals surface area contributed by atoms with Crippen LogP contribution in [-0.2, 0) is 4.74 Å². The summed E-state index contributed by atoms with van der Waals surface area (Å²) >= 11 is 0. The number of halogens is 2. The van der Waals surface area contributed by atoms with Crippen LogP contribution in [0.2, 0.25) is 0 Å². The van der Waals surface area contributed by atoms with Crippen LogP contribution in [0.25, 0.3) is 0 Å². The minimum atomic E-state index is -0.718. The quantitative estimate of drug-likeness (QED) is 0.849. The standard InChI is InChI=1S/C18H24F2N2O2/c1-12-9-21(10-13(2)24-12)11-17-4-3-5-22(17)18(23)14-6-15(19)8-16(20)7-14/h6-8,12-13,17H,3-5,9-11H2,1-2H3/t12-,13-,17-/m1/s1. The minimum Gasteiger partial charge on any atom is -0.373 e. The van der Waals surface area contributed by atoms with E-state index in [1.165, 1.54) is 0 Å². The van der Waals surface area contributed by atoms with Crippen molar-refractivity contribution < 1.29 is 18.3 Å². The first-order valence-electron chi connectivity index (χ1n) is 8.57. The Bertz CT molecular complexity index is 580. The lowest BCUT2D eigenvalue weighted by Gasteiger charge is -2.38. The Morgan fingerprint density at radius 3 is 2.42 bits per heavy atom. The van der Waals surface area contributed by atoms with Crippen molar-refractivity contribution in [2.75, 3.05) is 26.2 Å². The highest BCUT2D eigenvalue weighted by Crippen LogP contribution is 2.23. The SMILES string of the molecule is C[C@@H]1CN(C[C@H]2CCCN2C(=O)c2cc(F)cc(F)c2)C[C@@H](C)O1. The molecule has 2 aliphatic heterocycles. The minimum absolute atomic E-state index is 0.0846. The Balaban J connectivity index is 1.69. The molecule has 2 saturated heterocycles. The first-order chi connectivity index (χ1) is 11.4. The van der Waals surface area contributed by atoms with E-state index in [-0.39, 0.29) is 29.7 Å². The molecule has 1 amide bonds. The molecule has 4 nitrogen and oxygen atoms in total. The van der Waals surface area contributed by atoms with Gasteiger partial charge in [-0.2, -0.15) is 0 Å². The average Bonchev–Trinajstić information content (AvgIpc) is 2.92. The smallest absolute Gasteiger partial charge is 0.254 e. The summed E-state index contributed by atoms with van der Waals surface area (Å²) in [5, 5.41) is 0. The van der Waals surface area contributed by atoms with Crippen LogP contribution in [0.15, 0.2) is 18.2 Å². The highest BCUT2D eigenvalue weighted by atomic mass is 19.1. The Hall–Kier alpha value is -1.53. The van der Waals surface area contributed by atoms with E-state index in [1.54, 1.807) is 4.90 Å². The van der Waals surface area contributed by atoms with E-state index in [9.17, 15) is 13.6 Å². The zero-order valence-electron chi connectivity index (χ0n) is 14.2. The summed E-state index contributed by atoms with van der Waals surface area (Å²) in [6.07, 6.45) is 2.20. The molecule has 2 fully saturated rings. The lowest BCUT2D eigenvalue weighted by Crippen LogP contribution is -2.50. The molecule has 3 rings (SSSR count). The number of nitrogens with zero attached hydrogens (tertiary/aromatic N) is 2. The van der Waals surface area contributed by atoms with E-state index in [4.69, 9.17) is 4.74 Å². The molecule has 132 valence electrons. The zero-order valence-corrected chi connectivity index (χ0v) is 14.2. The second-order valence-electron chi connectivity index (χ2n) is 6.93. The molecule has 0 N–H and O–H groups in total. The maximum atomic E-state index is 13.4. The Labute approximate surface area is 141 Å². The first kappa shape index (κ1) is 17.3. The highest BCUT2D eigenvalue weighted by Gasteiger charge is 2.33. The molecule has 2 aliphatic rings. The molecule has 0 saturated carbocycles. The molecular formula is C18H24F2N2O2.